The Morgan fingerprint density at radius 3 is 1.41 bits per heavy atom. The summed E-state index contributed by atoms with van der Waals surface area (Å²) < 4.78 is 0. The van der Waals surface area contributed by atoms with Crippen LogP contribution in [-0.4, -0.2) is 0 Å². The van der Waals surface area contributed by atoms with Gasteiger partial charge in [0, 0.05) is 5.41 Å². The molecular formula is C27H34. The first kappa shape index (κ1) is 19.7. The molecule has 0 heteroatoms. The highest BCUT2D eigenvalue weighted by molar-refractivity contribution is 5.83. The normalized spacial score (nSPS) is 13.9. The van der Waals surface area contributed by atoms with E-state index in [0.717, 1.165) is 12.8 Å². The molecule has 27 heavy (non-hydrogen) atoms. The SMILES string of the molecule is C=CCCCC1(CCCC=C)c2cc(C)c(C)cc2-c2cc(C)c(C)cc21. The first-order valence-electron chi connectivity index (χ1n) is 10.4. The molecule has 0 fully saturated rings. The van der Waals surface area contributed by atoms with Crippen LogP contribution < -0.4 is 0 Å². The Hall–Kier alpha value is -2.08. The predicted octanol–water partition coefficient (Wildman–Crippen LogP) is 7.90. The number of hydrogen-bond acceptors (Lipinski definition) is 0. The summed E-state index contributed by atoms with van der Waals surface area (Å²) in [7, 11) is 0. The Morgan fingerprint density at radius 1 is 0.667 bits per heavy atom. The maximum Gasteiger partial charge on any atom is 0.0215 e. The number of hydrogen-bond donors (Lipinski definition) is 0. The smallest absolute Gasteiger partial charge is 0.0215 e. The monoisotopic (exact) mass is 358 g/mol. The lowest BCUT2D eigenvalue weighted by Crippen LogP contribution is -2.26. The van der Waals surface area contributed by atoms with E-state index in [-0.39, 0.29) is 5.41 Å². The predicted molar refractivity (Wildman–Crippen MR) is 120 cm³/mol. The number of aryl methyl sites for hydroxylation is 4. The summed E-state index contributed by atoms with van der Waals surface area (Å²) in [5, 5.41) is 0. The third-order valence-electron chi connectivity index (χ3n) is 6.61. The Balaban J connectivity index is 2.24. The highest BCUT2D eigenvalue weighted by Gasteiger charge is 2.42. The van der Waals surface area contributed by atoms with Crippen LogP contribution in [0.3, 0.4) is 0 Å². The fraction of sp³-hybridized carbons (Fsp3) is 0.407. The van der Waals surface area contributed by atoms with Crippen molar-refractivity contribution in [2.45, 2.75) is 71.6 Å². The van der Waals surface area contributed by atoms with Crippen molar-refractivity contribution in [1.29, 1.82) is 0 Å². The molecule has 0 radical (unpaired) electrons. The van der Waals surface area contributed by atoms with Gasteiger partial charge in [-0.3, -0.25) is 0 Å². The van der Waals surface area contributed by atoms with Crippen molar-refractivity contribution in [2.24, 2.45) is 0 Å². The Morgan fingerprint density at radius 2 is 1.04 bits per heavy atom. The van der Waals surface area contributed by atoms with Crippen molar-refractivity contribution < 1.29 is 0 Å². The third-order valence-corrected chi connectivity index (χ3v) is 6.61. The van der Waals surface area contributed by atoms with Crippen molar-refractivity contribution in [3.63, 3.8) is 0 Å². The number of fused-ring (bicyclic) bond motifs is 3. The molecule has 0 heterocycles. The summed E-state index contributed by atoms with van der Waals surface area (Å²) in [4.78, 5) is 0. The van der Waals surface area contributed by atoms with Crippen LogP contribution in [0.2, 0.25) is 0 Å². The summed E-state index contributed by atoms with van der Waals surface area (Å²) in [5.41, 5.74) is 11.8. The van der Waals surface area contributed by atoms with Crippen LogP contribution in [0.1, 0.15) is 71.9 Å². The average Bonchev–Trinajstić information content (AvgIpc) is 2.86. The van der Waals surface area contributed by atoms with E-state index in [1.165, 1.54) is 59.1 Å². The molecule has 142 valence electrons. The summed E-state index contributed by atoms with van der Waals surface area (Å²) in [6.07, 6.45) is 11.1. The molecule has 0 bridgehead atoms. The zero-order valence-corrected chi connectivity index (χ0v) is 17.6. The van der Waals surface area contributed by atoms with Gasteiger partial charge in [-0.15, -0.1) is 13.2 Å². The molecule has 0 N–H and O–H groups in total. The van der Waals surface area contributed by atoms with Gasteiger partial charge in [0.1, 0.15) is 0 Å². The largest absolute Gasteiger partial charge is 0.103 e. The van der Waals surface area contributed by atoms with Gasteiger partial charge in [-0.05, 0) is 111 Å². The van der Waals surface area contributed by atoms with E-state index in [4.69, 9.17) is 0 Å². The highest BCUT2D eigenvalue weighted by Crippen LogP contribution is 2.55. The summed E-state index contributed by atoms with van der Waals surface area (Å²) in [6, 6.07) is 9.83. The molecule has 0 amide bonds. The summed E-state index contributed by atoms with van der Waals surface area (Å²) >= 11 is 0. The number of rotatable bonds is 8. The van der Waals surface area contributed by atoms with Crippen molar-refractivity contribution in [3.05, 3.63) is 83.0 Å². The molecule has 0 atom stereocenters. The average molecular weight is 359 g/mol. The van der Waals surface area contributed by atoms with Crippen molar-refractivity contribution in [1.82, 2.24) is 0 Å². The zero-order valence-electron chi connectivity index (χ0n) is 17.6. The van der Waals surface area contributed by atoms with E-state index >= 15 is 0 Å². The molecule has 0 spiro atoms. The molecule has 0 saturated carbocycles. The topological polar surface area (TPSA) is 0 Å². The number of unbranched alkanes of at least 4 members (excludes halogenated alkanes) is 2. The quantitative estimate of drug-likeness (QED) is 0.332. The van der Waals surface area contributed by atoms with Crippen LogP contribution in [-0.2, 0) is 5.41 Å². The summed E-state index contributed by atoms with van der Waals surface area (Å²) in [6.45, 7) is 16.9. The minimum absolute atomic E-state index is 0.133. The zero-order chi connectivity index (χ0) is 19.6. The molecule has 1 aliphatic rings. The number of benzene rings is 2. The molecule has 0 aromatic heterocycles. The molecule has 0 nitrogen and oxygen atoms in total. The van der Waals surface area contributed by atoms with Gasteiger partial charge in [0.2, 0.25) is 0 Å². The van der Waals surface area contributed by atoms with Crippen molar-refractivity contribution in [2.75, 3.05) is 0 Å². The lowest BCUT2D eigenvalue weighted by atomic mass is 9.70. The van der Waals surface area contributed by atoms with Gasteiger partial charge in [-0.25, -0.2) is 0 Å². The first-order valence-corrected chi connectivity index (χ1v) is 10.4. The Labute approximate surface area is 166 Å². The second-order valence-electron chi connectivity index (χ2n) is 8.41. The molecule has 0 unspecified atom stereocenters. The lowest BCUT2D eigenvalue weighted by Gasteiger charge is -2.33. The van der Waals surface area contributed by atoms with Gasteiger partial charge in [0.05, 0.1) is 0 Å². The van der Waals surface area contributed by atoms with Crippen LogP contribution in [0.4, 0.5) is 0 Å². The standard InChI is InChI=1S/C27H34/c1-7-9-11-13-27(14-12-10-8-2)25-17-21(5)19(3)15-23(25)24-16-20(4)22(6)18-26(24)27/h7-8,15-18H,1-2,9-14H2,3-6H3. The highest BCUT2D eigenvalue weighted by atomic mass is 14.5. The fourth-order valence-corrected chi connectivity index (χ4v) is 4.78. The van der Waals surface area contributed by atoms with Crippen LogP contribution in [0.15, 0.2) is 49.6 Å². The molecule has 2 aromatic rings. The molecule has 0 aliphatic heterocycles. The molecule has 3 rings (SSSR count). The van der Waals surface area contributed by atoms with Crippen LogP contribution >= 0.6 is 0 Å². The minimum Gasteiger partial charge on any atom is -0.103 e. The lowest BCUT2D eigenvalue weighted by molar-refractivity contribution is 0.421. The van der Waals surface area contributed by atoms with E-state index in [1.807, 2.05) is 0 Å². The second kappa shape index (κ2) is 7.89. The summed E-state index contributed by atoms with van der Waals surface area (Å²) in [5.74, 6) is 0. The third kappa shape index (κ3) is 3.43. The van der Waals surface area contributed by atoms with E-state index in [9.17, 15) is 0 Å². The van der Waals surface area contributed by atoms with Gasteiger partial charge in [-0.1, -0.05) is 36.4 Å². The van der Waals surface area contributed by atoms with Crippen LogP contribution in [0, 0.1) is 27.7 Å². The minimum atomic E-state index is 0.133. The van der Waals surface area contributed by atoms with Gasteiger partial charge < -0.3 is 0 Å². The van der Waals surface area contributed by atoms with Crippen molar-refractivity contribution >= 4 is 0 Å². The van der Waals surface area contributed by atoms with E-state index < -0.39 is 0 Å². The van der Waals surface area contributed by atoms with Gasteiger partial charge in [0.25, 0.3) is 0 Å². The first-order chi connectivity index (χ1) is 12.9. The molecule has 1 aliphatic carbocycles. The van der Waals surface area contributed by atoms with E-state index in [2.05, 4.69) is 77.3 Å². The van der Waals surface area contributed by atoms with E-state index in [1.54, 1.807) is 11.1 Å². The molecular weight excluding hydrogens is 324 g/mol. The fourth-order valence-electron chi connectivity index (χ4n) is 4.78. The van der Waals surface area contributed by atoms with Crippen LogP contribution in [0.25, 0.3) is 11.1 Å². The maximum absolute atomic E-state index is 3.95. The maximum atomic E-state index is 3.95. The van der Waals surface area contributed by atoms with Crippen molar-refractivity contribution in [3.8, 4) is 11.1 Å². The number of allylic oxidation sites excluding steroid dienone is 2. The van der Waals surface area contributed by atoms with Gasteiger partial charge >= 0.3 is 0 Å². The van der Waals surface area contributed by atoms with Gasteiger partial charge in [-0.2, -0.15) is 0 Å². The van der Waals surface area contributed by atoms with Crippen LogP contribution in [0.5, 0.6) is 0 Å². The molecule has 2 aromatic carbocycles. The second-order valence-corrected chi connectivity index (χ2v) is 8.41. The molecule has 0 saturated heterocycles. The Kier molecular flexibility index (Phi) is 5.75. The van der Waals surface area contributed by atoms with Gasteiger partial charge in [0.15, 0.2) is 0 Å². The Bertz CT molecular complexity index is 793. The van der Waals surface area contributed by atoms with E-state index in [0.29, 0.717) is 0 Å².